The second kappa shape index (κ2) is 5.85. The highest BCUT2D eigenvalue weighted by atomic mass is 16.4. The molecule has 1 aliphatic rings. The molecule has 1 N–H and O–H groups in total. The van der Waals surface area contributed by atoms with Crippen LogP contribution in [0.3, 0.4) is 0 Å². The molecule has 2 aromatic rings. The third-order valence-electron chi connectivity index (χ3n) is 4.38. The number of hydrogen-bond acceptors (Lipinski definition) is 3. The topological polar surface area (TPSA) is 58.4 Å². The first kappa shape index (κ1) is 14.1. The van der Waals surface area contributed by atoms with E-state index in [1.54, 1.807) is 0 Å². The van der Waals surface area contributed by atoms with Gasteiger partial charge in [0.15, 0.2) is 0 Å². The van der Waals surface area contributed by atoms with Crippen LogP contribution in [-0.4, -0.2) is 38.8 Å². The number of hydrogen-bond donors (Lipinski definition) is 1. The van der Waals surface area contributed by atoms with Gasteiger partial charge in [-0.3, -0.25) is 14.4 Å². The number of aryl methyl sites for hydroxylation is 1. The molecule has 0 radical (unpaired) electrons. The van der Waals surface area contributed by atoms with Crippen molar-refractivity contribution in [2.24, 2.45) is 13.0 Å². The Balaban J connectivity index is 1.66. The maximum Gasteiger partial charge on any atom is 0.303 e. The third kappa shape index (κ3) is 3.08. The van der Waals surface area contributed by atoms with Gasteiger partial charge in [0.2, 0.25) is 0 Å². The van der Waals surface area contributed by atoms with Crippen LogP contribution < -0.4 is 0 Å². The molecule has 0 aliphatic carbocycles. The number of likely N-dealkylation sites (tertiary alicyclic amines) is 1. The quantitative estimate of drug-likeness (QED) is 0.937. The zero-order chi connectivity index (χ0) is 14.8. The number of fused-ring (bicyclic) bond motifs is 1. The Hall–Kier alpha value is -1.88. The Morgan fingerprint density at radius 1 is 1.33 bits per heavy atom. The number of carbonyl (C=O) groups is 1. The second-order valence-electron chi connectivity index (χ2n) is 5.90. The zero-order valence-corrected chi connectivity index (χ0v) is 12.3. The van der Waals surface area contributed by atoms with Gasteiger partial charge >= 0.3 is 5.97 Å². The number of para-hydroxylation sites is 1. The van der Waals surface area contributed by atoms with E-state index in [9.17, 15) is 4.79 Å². The lowest BCUT2D eigenvalue weighted by Gasteiger charge is -2.30. The Kier molecular flexibility index (Phi) is 3.92. The van der Waals surface area contributed by atoms with Crippen LogP contribution in [0.25, 0.3) is 10.9 Å². The van der Waals surface area contributed by atoms with Gasteiger partial charge in [-0.2, -0.15) is 5.10 Å². The van der Waals surface area contributed by atoms with E-state index in [2.05, 4.69) is 22.1 Å². The molecular weight excluding hydrogens is 266 g/mol. The molecule has 5 nitrogen and oxygen atoms in total. The summed E-state index contributed by atoms with van der Waals surface area (Å²) in [5.74, 6) is -0.344. The summed E-state index contributed by atoms with van der Waals surface area (Å²) in [5, 5.41) is 14.7. The number of benzene rings is 1. The monoisotopic (exact) mass is 287 g/mol. The van der Waals surface area contributed by atoms with Gasteiger partial charge in [-0.25, -0.2) is 0 Å². The maximum absolute atomic E-state index is 10.8. The highest BCUT2D eigenvalue weighted by Gasteiger charge is 2.22. The molecule has 1 saturated heterocycles. The van der Waals surface area contributed by atoms with Gasteiger partial charge in [-0.1, -0.05) is 18.2 Å². The smallest absolute Gasteiger partial charge is 0.303 e. The Bertz CT molecular complexity index is 642. The summed E-state index contributed by atoms with van der Waals surface area (Å²) in [6, 6.07) is 8.29. The SMILES string of the molecule is Cn1nc(CN2CCC(CC(=O)O)CC2)c2ccccc21. The van der Waals surface area contributed by atoms with E-state index in [1.807, 2.05) is 23.9 Å². The van der Waals surface area contributed by atoms with Crippen LogP contribution in [0.4, 0.5) is 0 Å². The van der Waals surface area contributed by atoms with Crippen LogP contribution in [0.1, 0.15) is 25.0 Å². The standard InChI is InChI=1S/C16H21N3O2/c1-18-15-5-3-2-4-13(15)14(17-18)11-19-8-6-12(7-9-19)10-16(20)21/h2-5,12H,6-11H2,1H3,(H,20,21). The summed E-state index contributed by atoms with van der Waals surface area (Å²) in [5.41, 5.74) is 2.28. The van der Waals surface area contributed by atoms with Crippen molar-refractivity contribution in [1.82, 2.24) is 14.7 Å². The lowest BCUT2D eigenvalue weighted by Crippen LogP contribution is -2.34. The second-order valence-corrected chi connectivity index (χ2v) is 5.90. The van der Waals surface area contributed by atoms with Crippen molar-refractivity contribution in [3.05, 3.63) is 30.0 Å². The van der Waals surface area contributed by atoms with E-state index in [4.69, 9.17) is 5.11 Å². The number of aliphatic carboxylic acids is 1. The minimum atomic E-state index is -0.677. The Morgan fingerprint density at radius 2 is 2.05 bits per heavy atom. The Morgan fingerprint density at radius 3 is 2.76 bits per heavy atom. The van der Waals surface area contributed by atoms with Crippen LogP contribution in [-0.2, 0) is 18.4 Å². The lowest BCUT2D eigenvalue weighted by atomic mass is 9.93. The van der Waals surface area contributed by atoms with Crippen LogP contribution in [0.15, 0.2) is 24.3 Å². The number of rotatable bonds is 4. The fraction of sp³-hybridized carbons (Fsp3) is 0.500. The highest BCUT2D eigenvalue weighted by Crippen LogP contribution is 2.24. The van der Waals surface area contributed by atoms with Crippen LogP contribution in [0, 0.1) is 5.92 Å². The molecule has 1 aromatic heterocycles. The zero-order valence-electron chi connectivity index (χ0n) is 12.3. The molecule has 0 saturated carbocycles. The molecule has 3 rings (SSSR count). The van der Waals surface area contributed by atoms with Crippen molar-refractivity contribution >= 4 is 16.9 Å². The first-order valence-electron chi connectivity index (χ1n) is 7.48. The van der Waals surface area contributed by atoms with E-state index in [1.165, 1.54) is 5.39 Å². The fourth-order valence-electron chi connectivity index (χ4n) is 3.21. The molecular formula is C16H21N3O2. The third-order valence-corrected chi connectivity index (χ3v) is 4.38. The summed E-state index contributed by atoms with van der Waals surface area (Å²) < 4.78 is 1.93. The molecule has 2 heterocycles. The average molecular weight is 287 g/mol. The molecule has 0 unspecified atom stereocenters. The van der Waals surface area contributed by atoms with Gasteiger partial charge in [0.05, 0.1) is 11.2 Å². The van der Waals surface area contributed by atoms with Crippen molar-refractivity contribution in [2.75, 3.05) is 13.1 Å². The number of carboxylic acids is 1. The number of piperidine rings is 1. The van der Waals surface area contributed by atoms with Crippen molar-refractivity contribution in [3.8, 4) is 0 Å². The minimum Gasteiger partial charge on any atom is -0.481 e. The molecule has 1 aromatic carbocycles. The molecule has 21 heavy (non-hydrogen) atoms. The Labute approximate surface area is 124 Å². The van der Waals surface area contributed by atoms with Gasteiger partial charge in [-0.05, 0) is 37.9 Å². The van der Waals surface area contributed by atoms with Crippen molar-refractivity contribution in [2.45, 2.75) is 25.8 Å². The van der Waals surface area contributed by atoms with Crippen LogP contribution in [0.5, 0.6) is 0 Å². The largest absolute Gasteiger partial charge is 0.481 e. The molecule has 0 spiro atoms. The van der Waals surface area contributed by atoms with Gasteiger partial charge in [0.25, 0.3) is 0 Å². The van der Waals surface area contributed by atoms with E-state index >= 15 is 0 Å². The van der Waals surface area contributed by atoms with E-state index < -0.39 is 5.97 Å². The molecule has 1 aliphatic heterocycles. The lowest BCUT2D eigenvalue weighted by molar-refractivity contribution is -0.138. The summed E-state index contributed by atoms with van der Waals surface area (Å²) in [7, 11) is 1.98. The van der Waals surface area contributed by atoms with Crippen molar-refractivity contribution in [1.29, 1.82) is 0 Å². The number of nitrogens with zero attached hydrogens (tertiary/aromatic N) is 3. The van der Waals surface area contributed by atoms with Gasteiger partial charge in [-0.15, -0.1) is 0 Å². The van der Waals surface area contributed by atoms with Crippen LogP contribution >= 0.6 is 0 Å². The molecule has 5 heteroatoms. The first-order valence-corrected chi connectivity index (χ1v) is 7.48. The normalized spacial score (nSPS) is 17.4. The van der Waals surface area contributed by atoms with Gasteiger partial charge in [0, 0.05) is 25.4 Å². The van der Waals surface area contributed by atoms with E-state index in [0.717, 1.165) is 43.7 Å². The maximum atomic E-state index is 10.8. The summed E-state index contributed by atoms with van der Waals surface area (Å²) in [4.78, 5) is 13.1. The minimum absolute atomic E-state index is 0.306. The summed E-state index contributed by atoms with van der Waals surface area (Å²) in [6.45, 7) is 2.77. The summed E-state index contributed by atoms with van der Waals surface area (Å²) >= 11 is 0. The van der Waals surface area contributed by atoms with Crippen molar-refractivity contribution in [3.63, 3.8) is 0 Å². The first-order chi connectivity index (χ1) is 10.1. The van der Waals surface area contributed by atoms with Crippen LogP contribution in [0.2, 0.25) is 0 Å². The number of aromatic nitrogens is 2. The van der Waals surface area contributed by atoms with E-state index in [0.29, 0.717) is 12.3 Å². The molecule has 112 valence electrons. The predicted molar refractivity (Wildman–Crippen MR) is 81.0 cm³/mol. The molecule has 0 bridgehead atoms. The highest BCUT2D eigenvalue weighted by molar-refractivity contribution is 5.81. The fourth-order valence-corrected chi connectivity index (χ4v) is 3.21. The van der Waals surface area contributed by atoms with Crippen molar-refractivity contribution < 1.29 is 9.90 Å². The molecule has 0 amide bonds. The molecule has 1 fully saturated rings. The van der Waals surface area contributed by atoms with E-state index in [-0.39, 0.29) is 0 Å². The van der Waals surface area contributed by atoms with Gasteiger partial charge in [0.1, 0.15) is 0 Å². The summed E-state index contributed by atoms with van der Waals surface area (Å²) in [6.07, 6.45) is 2.24. The molecule has 0 atom stereocenters. The van der Waals surface area contributed by atoms with Gasteiger partial charge < -0.3 is 5.11 Å². The number of carboxylic acid groups (broad SMARTS) is 1. The average Bonchev–Trinajstić information content (AvgIpc) is 2.78. The predicted octanol–water partition coefficient (Wildman–Crippen LogP) is 2.26.